The highest BCUT2D eigenvalue weighted by molar-refractivity contribution is 8.10. The van der Waals surface area contributed by atoms with Gasteiger partial charge < -0.3 is 4.57 Å². The molecule has 0 bridgehead atoms. The van der Waals surface area contributed by atoms with Gasteiger partial charge in [0.05, 0.1) is 10.6 Å². The molecule has 1 aliphatic heterocycles. The van der Waals surface area contributed by atoms with E-state index in [1.807, 2.05) is 61.5 Å². The van der Waals surface area contributed by atoms with Crippen molar-refractivity contribution in [3.63, 3.8) is 0 Å². The molecule has 5 rings (SSSR count). The van der Waals surface area contributed by atoms with Gasteiger partial charge in [0.15, 0.2) is 0 Å². The number of aromatic nitrogens is 1. The lowest BCUT2D eigenvalue weighted by Crippen LogP contribution is -2.44. The number of aryl methyl sites for hydroxylation is 2. The van der Waals surface area contributed by atoms with Crippen LogP contribution in [0.4, 0.5) is 5.82 Å². The van der Waals surface area contributed by atoms with Crippen molar-refractivity contribution in [3.05, 3.63) is 95.6 Å². The number of benzene rings is 3. The standard InChI is InChI=1S/C24H22N2O4S2/c1-17-12-14-19(15-13-17)32(29,30)26-24-23(20-10-6-7-11-22(20)25(24)2)21(16-31(26,27)28)18-8-4-3-5-9-18/h3-15,21H,16H2,1-2H3. The fourth-order valence-corrected chi connectivity index (χ4v) is 8.64. The molecule has 4 aromatic rings. The predicted molar refractivity (Wildman–Crippen MR) is 126 cm³/mol. The van der Waals surface area contributed by atoms with E-state index in [2.05, 4.69) is 0 Å². The van der Waals surface area contributed by atoms with Crippen molar-refractivity contribution in [2.24, 2.45) is 7.05 Å². The summed E-state index contributed by atoms with van der Waals surface area (Å²) in [6.07, 6.45) is 0. The van der Waals surface area contributed by atoms with Crippen molar-refractivity contribution < 1.29 is 16.8 Å². The zero-order chi connectivity index (χ0) is 22.7. The van der Waals surface area contributed by atoms with Crippen molar-refractivity contribution in [3.8, 4) is 0 Å². The first-order chi connectivity index (χ1) is 15.2. The molecule has 8 heteroatoms. The van der Waals surface area contributed by atoms with Gasteiger partial charge in [0.25, 0.3) is 20.0 Å². The molecule has 0 aliphatic carbocycles. The highest BCUT2D eigenvalue weighted by Gasteiger charge is 2.46. The van der Waals surface area contributed by atoms with E-state index in [-0.39, 0.29) is 16.5 Å². The molecular formula is C24H22N2O4S2. The highest BCUT2D eigenvalue weighted by atomic mass is 32.3. The normalized spacial score (nSPS) is 17.9. The van der Waals surface area contributed by atoms with Gasteiger partial charge in [0.1, 0.15) is 5.82 Å². The van der Waals surface area contributed by atoms with Crippen molar-refractivity contribution in [1.82, 2.24) is 4.57 Å². The average molecular weight is 467 g/mol. The minimum Gasteiger partial charge on any atom is -0.329 e. The van der Waals surface area contributed by atoms with Crippen molar-refractivity contribution in [2.75, 3.05) is 9.46 Å². The summed E-state index contributed by atoms with van der Waals surface area (Å²) in [5, 5.41) is 0.845. The predicted octanol–water partition coefficient (Wildman–Crippen LogP) is 4.16. The molecule has 0 amide bonds. The topological polar surface area (TPSA) is 76.5 Å². The quantitative estimate of drug-likeness (QED) is 0.454. The van der Waals surface area contributed by atoms with E-state index in [1.165, 1.54) is 12.1 Å². The summed E-state index contributed by atoms with van der Waals surface area (Å²) in [6.45, 7) is 1.85. The molecule has 0 saturated carbocycles. The molecule has 1 unspecified atom stereocenters. The van der Waals surface area contributed by atoms with Gasteiger partial charge in [-0.3, -0.25) is 0 Å². The molecule has 1 aliphatic rings. The van der Waals surface area contributed by atoms with Crippen LogP contribution in [-0.2, 0) is 27.1 Å². The third-order valence-electron chi connectivity index (χ3n) is 6.00. The van der Waals surface area contributed by atoms with Crippen LogP contribution in [0.2, 0.25) is 0 Å². The highest BCUT2D eigenvalue weighted by Crippen LogP contribution is 2.47. The first-order valence-corrected chi connectivity index (χ1v) is 13.2. The second-order valence-corrected chi connectivity index (χ2v) is 12.0. The number of hydrogen-bond acceptors (Lipinski definition) is 4. The summed E-state index contributed by atoms with van der Waals surface area (Å²) in [4.78, 5) is -0.0546. The first-order valence-electron chi connectivity index (χ1n) is 10.2. The lowest BCUT2D eigenvalue weighted by atomic mass is 9.92. The van der Waals surface area contributed by atoms with Gasteiger partial charge in [-0.2, -0.15) is 8.42 Å². The van der Waals surface area contributed by atoms with Crippen LogP contribution in [0.15, 0.2) is 83.8 Å². The minimum atomic E-state index is -4.35. The Kier molecular flexibility index (Phi) is 4.69. The molecule has 1 atom stereocenters. The van der Waals surface area contributed by atoms with E-state index in [9.17, 15) is 16.8 Å². The first kappa shape index (κ1) is 20.8. The number of rotatable bonds is 3. The summed E-state index contributed by atoms with van der Waals surface area (Å²) >= 11 is 0. The van der Waals surface area contributed by atoms with Gasteiger partial charge in [-0.15, -0.1) is 3.71 Å². The molecule has 0 N–H and O–H groups in total. The van der Waals surface area contributed by atoms with E-state index in [0.29, 0.717) is 9.27 Å². The fourth-order valence-electron chi connectivity index (χ4n) is 4.48. The van der Waals surface area contributed by atoms with Crippen molar-refractivity contribution in [1.29, 1.82) is 0 Å². The smallest absolute Gasteiger partial charge is 0.278 e. The Labute approximate surface area is 187 Å². The molecule has 0 fully saturated rings. The van der Waals surface area contributed by atoms with Crippen LogP contribution in [0, 0.1) is 6.92 Å². The number of nitrogens with zero attached hydrogens (tertiary/aromatic N) is 2. The van der Waals surface area contributed by atoms with Gasteiger partial charge in [0, 0.05) is 29.4 Å². The van der Waals surface area contributed by atoms with Crippen LogP contribution < -0.4 is 3.71 Å². The van der Waals surface area contributed by atoms with Crippen molar-refractivity contribution in [2.45, 2.75) is 17.7 Å². The van der Waals surface area contributed by atoms with Gasteiger partial charge in [-0.05, 0) is 30.7 Å². The third-order valence-corrected chi connectivity index (χ3v) is 10.2. The maximum Gasteiger partial charge on any atom is 0.278 e. The van der Waals surface area contributed by atoms with Gasteiger partial charge in [-0.1, -0.05) is 66.2 Å². The molecule has 0 spiro atoms. The number of sulfonamides is 2. The molecule has 1 aromatic heterocycles. The molecule has 2 heterocycles. The van der Waals surface area contributed by atoms with E-state index in [1.54, 1.807) is 23.7 Å². The number of fused-ring (bicyclic) bond motifs is 3. The second kappa shape index (κ2) is 7.21. The minimum absolute atomic E-state index is 0.0546. The van der Waals surface area contributed by atoms with Crippen molar-refractivity contribution >= 4 is 36.8 Å². The Hall–Kier alpha value is -3.10. The zero-order valence-electron chi connectivity index (χ0n) is 17.6. The zero-order valence-corrected chi connectivity index (χ0v) is 19.3. The van der Waals surface area contributed by atoms with E-state index in [0.717, 1.165) is 22.0 Å². The average Bonchev–Trinajstić information content (AvgIpc) is 3.06. The van der Waals surface area contributed by atoms with Crippen LogP contribution >= 0.6 is 0 Å². The molecule has 164 valence electrons. The number of hydrogen-bond donors (Lipinski definition) is 0. The molecule has 0 saturated heterocycles. The summed E-state index contributed by atoms with van der Waals surface area (Å²) in [5.41, 5.74) is 3.21. The van der Waals surface area contributed by atoms with E-state index in [4.69, 9.17) is 0 Å². The largest absolute Gasteiger partial charge is 0.329 e. The summed E-state index contributed by atoms with van der Waals surface area (Å²) in [5.74, 6) is -0.637. The Balaban J connectivity index is 1.85. The molecule has 6 nitrogen and oxygen atoms in total. The number of para-hydroxylation sites is 1. The SMILES string of the molecule is Cc1ccc(S(=O)(=O)N2c3c(c4ccccc4n3C)C(c3ccccc3)CS2(=O)=O)cc1. The Morgan fingerprint density at radius 1 is 0.875 bits per heavy atom. The maximum absolute atomic E-state index is 13.7. The second-order valence-electron chi connectivity index (χ2n) is 8.07. The summed E-state index contributed by atoms with van der Waals surface area (Å²) in [6, 6.07) is 23.1. The van der Waals surface area contributed by atoms with Crippen LogP contribution in [0.1, 0.15) is 22.6 Å². The summed E-state index contributed by atoms with van der Waals surface area (Å²) < 4.78 is 56.8. The molecular weight excluding hydrogens is 444 g/mol. The van der Waals surface area contributed by atoms with Gasteiger partial charge in [0.2, 0.25) is 0 Å². The monoisotopic (exact) mass is 466 g/mol. The fraction of sp³-hybridized carbons (Fsp3) is 0.167. The van der Waals surface area contributed by atoms with Gasteiger partial charge in [-0.25, -0.2) is 8.42 Å². The maximum atomic E-state index is 13.7. The van der Waals surface area contributed by atoms with Crippen LogP contribution in [0.3, 0.4) is 0 Å². The summed E-state index contributed by atoms with van der Waals surface area (Å²) in [7, 11) is -6.84. The third kappa shape index (κ3) is 3.05. The van der Waals surface area contributed by atoms with E-state index < -0.39 is 26.0 Å². The lowest BCUT2D eigenvalue weighted by Gasteiger charge is -2.33. The molecule has 0 radical (unpaired) electrons. The van der Waals surface area contributed by atoms with Crippen LogP contribution in [-0.4, -0.2) is 27.2 Å². The van der Waals surface area contributed by atoms with E-state index >= 15 is 0 Å². The number of anilines is 1. The lowest BCUT2D eigenvalue weighted by molar-refractivity contribution is 0.577. The Morgan fingerprint density at radius 2 is 1.50 bits per heavy atom. The van der Waals surface area contributed by atoms with Crippen LogP contribution in [0.25, 0.3) is 10.9 Å². The Morgan fingerprint density at radius 3 is 2.19 bits per heavy atom. The van der Waals surface area contributed by atoms with Gasteiger partial charge >= 0.3 is 0 Å². The van der Waals surface area contributed by atoms with Crippen LogP contribution in [0.5, 0.6) is 0 Å². The molecule has 3 aromatic carbocycles. The Bertz CT molecular complexity index is 1540. The molecule has 32 heavy (non-hydrogen) atoms.